The van der Waals surface area contributed by atoms with Gasteiger partial charge in [-0.05, 0) is 42.5 Å². The summed E-state index contributed by atoms with van der Waals surface area (Å²) in [5, 5.41) is 1.83. The Kier molecular flexibility index (Phi) is 3.66. The molecular weight excluding hydrogens is 267 g/mol. The highest BCUT2D eigenvalue weighted by atomic mass is 19.1. The Labute approximate surface area is 123 Å². The number of fused-ring (bicyclic) bond motifs is 1. The van der Waals surface area contributed by atoms with Crippen molar-refractivity contribution in [3.8, 4) is 0 Å². The summed E-state index contributed by atoms with van der Waals surface area (Å²) < 4.78 is 20.3. The molecule has 0 amide bonds. The number of benzene rings is 2. The van der Waals surface area contributed by atoms with Gasteiger partial charge in [-0.25, -0.2) is 4.39 Å². The Balaban J connectivity index is 2.23. The highest BCUT2D eigenvalue weighted by Crippen LogP contribution is 2.44. The van der Waals surface area contributed by atoms with E-state index in [1.165, 1.54) is 13.0 Å². The number of ether oxygens (including phenoxy) is 1. The second-order valence-electron chi connectivity index (χ2n) is 5.79. The number of carbonyl (C=O) groups is 1. The molecule has 1 fully saturated rings. The molecule has 1 aliphatic rings. The molecule has 2 aromatic carbocycles. The summed E-state index contributed by atoms with van der Waals surface area (Å²) in [6.07, 6.45) is 4.40. The van der Waals surface area contributed by atoms with Gasteiger partial charge in [-0.3, -0.25) is 4.79 Å². The Bertz CT molecular complexity index is 672. The van der Waals surface area contributed by atoms with Crippen molar-refractivity contribution < 1.29 is 13.9 Å². The molecule has 0 heterocycles. The van der Waals surface area contributed by atoms with Crippen LogP contribution in [-0.2, 0) is 15.1 Å². The molecule has 0 unspecified atom stereocenters. The van der Waals surface area contributed by atoms with Crippen LogP contribution < -0.4 is 0 Å². The normalized spacial score (nSPS) is 17.6. The zero-order valence-corrected chi connectivity index (χ0v) is 12.2. The van der Waals surface area contributed by atoms with Gasteiger partial charge in [0.25, 0.3) is 0 Å². The summed E-state index contributed by atoms with van der Waals surface area (Å²) in [4.78, 5) is 11.6. The highest BCUT2D eigenvalue weighted by Gasteiger charge is 2.40. The lowest BCUT2D eigenvalue weighted by atomic mass is 9.77. The summed E-state index contributed by atoms with van der Waals surface area (Å²) in [5.41, 5.74) is -0.259. The minimum atomic E-state index is -0.810. The van der Waals surface area contributed by atoms with E-state index in [1.807, 2.05) is 24.3 Å². The van der Waals surface area contributed by atoms with Crippen LogP contribution in [0.5, 0.6) is 0 Å². The van der Waals surface area contributed by atoms with Gasteiger partial charge in [0.15, 0.2) is 0 Å². The van der Waals surface area contributed by atoms with E-state index in [1.54, 1.807) is 6.07 Å². The molecule has 1 aliphatic carbocycles. The molecule has 3 heteroatoms. The zero-order valence-electron chi connectivity index (χ0n) is 12.2. The van der Waals surface area contributed by atoms with Crippen molar-refractivity contribution in [2.24, 2.45) is 0 Å². The van der Waals surface area contributed by atoms with Gasteiger partial charge in [0, 0.05) is 12.5 Å². The SMILES string of the molecule is CC(=O)OC1(c2c(F)ccc3ccccc23)CCCCC1. The fourth-order valence-corrected chi connectivity index (χ4v) is 3.51. The van der Waals surface area contributed by atoms with Crippen molar-refractivity contribution in [2.75, 3.05) is 0 Å². The van der Waals surface area contributed by atoms with Crippen molar-refractivity contribution in [2.45, 2.75) is 44.6 Å². The van der Waals surface area contributed by atoms with Crippen LogP contribution in [0.3, 0.4) is 0 Å². The van der Waals surface area contributed by atoms with Crippen LogP contribution in [-0.4, -0.2) is 5.97 Å². The van der Waals surface area contributed by atoms with Crippen molar-refractivity contribution in [1.82, 2.24) is 0 Å². The van der Waals surface area contributed by atoms with Crippen molar-refractivity contribution in [1.29, 1.82) is 0 Å². The molecule has 0 spiro atoms. The number of hydrogen-bond donors (Lipinski definition) is 0. The van der Waals surface area contributed by atoms with Gasteiger partial charge in [-0.2, -0.15) is 0 Å². The van der Waals surface area contributed by atoms with Gasteiger partial charge in [0.1, 0.15) is 11.4 Å². The standard InChI is InChI=1S/C18H19FO2/c1-13(20)21-18(11-5-2-6-12-18)17-15-8-4-3-7-14(15)9-10-16(17)19/h3-4,7-10H,2,5-6,11-12H2,1H3. The molecule has 0 aliphatic heterocycles. The molecule has 110 valence electrons. The molecule has 0 N–H and O–H groups in total. The van der Waals surface area contributed by atoms with E-state index in [0.717, 1.165) is 30.0 Å². The predicted molar refractivity (Wildman–Crippen MR) is 80.4 cm³/mol. The van der Waals surface area contributed by atoms with E-state index < -0.39 is 5.60 Å². The van der Waals surface area contributed by atoms with E-state index in [-0.39, 0.29) is 11.8 Å². The quantitative estimate of drug-likeness (QED) is 0.748. The van der Waals surface area contributed by atoms with Gasteiger partial charge in [0.2, 0.25) is 0 Å². The number of esters is 1. The summed E-state index contributed by atoms with van der Waals surface area (Å²) >= 11 is 0. The first-order chi connectivity index (χ1) is 10.1. The lowest BCUT2D eigenvalue weighted by Crippen LogP contribution is -2.35. The third kappa shape index (κ3) is 2.53. The molecular formula is C18H19FO2. The fourth-order valence-electron chi connectivity index (χ4n) is 3.51. The summed E-state index contributed by atoms with van der Waals surface area (Å²) in [5.74, 6) is -0.624. The van der Waals surface area contributed by atoms with Gasteiger partial charge in [-0.15, -0.1) is 0 Å². The summed E-state index contributed by atoms with van der Waals surface area (Å²) in [6, 6.07) is 11.0. The Morgan fingerprint density at radius 1 is 1.10 bits per heavy atom. The minimum absolute atomic E-state index is 0.281. The van der Waals surface area contributed by atoms with E-state index in [9.17, 15) is 9.18 Å². The molecule has 0 saturated heterocycles. The summed E-state index contributed by atoms with van der Waals surface area (Å²) in [7, 11) is 0. The molecule has 0 bridgehead atoms. The first-order valence-electron chi connectivity index (χ1n) is 7.50. The van der Waals surface area contributed by atoms with E-state index >= 15 is 0 Å². The maximum Gasteiger partial charge on any atom is 0.303 e. The average molecular weight is 286 g/mol. The monoisotopic (exact) mass is 286 g/mol. The number of rotatable bonds is 2. The predicted octanol–water partition coefficient (Wildman–Crippen LogP) is 4.70. The van der Waals surface area contributed by atoms with Crippen LogP contribution in [0.15, 0.2) is 36.4 Å². The van der Waals surface area contributed by atoms with Gasteiger partial charge < -0.3 is 4.74 Å². The lowest BCUT2D eigenvalue weighted by Gasteiger charge is -2.37. The molecule has 0 radical (unpaired) electrons. The maximum absolute atomic E-state index is 14.6. The second kappa shape index (κ2) is 5.47. The third-order valence-electron chi connectivity index (χ3n) is 4.33. The van der Waals surface area contributed by atoms with Crippen LogP contribution in [0.25, 0.3) is 10.8 Å². The first kappa shape index (κ1) is 14.1. The highest BCUT2D eigenvalue weighted by molar-refractivity contribution is 5.87. The topological polar surface area (TPSA) is 26.3 Å². The third-order valence-corrected chi connectivity index (χ3v) is 4.33. The number of halogens is 1. The largest absolute Gasteiger partial charge is 0.454 e. The first-order valence-corrected chi connectivity index (χ1v) is 7.50. The lowest BCUT2D eigenvalue weighted by molar-refractivity contribution is -0.162. The average Bonchev–Trinajstić information content (AvgIpc) is 2.47. The van der Waals surface area contributed by atoms with Crippen LogP contribution >= 0.6 is 0 Å². The van der Waals surface area contributed by atoms with Crippen molar-refractivity contribution in [3.05, 3.63) is 47.8 Å². The molecule has 1 saturated carbocycles. The Hall–Kier alpha value is -1.90. The number of hydrogen-bond acceptors (Lipinski definition) is 2. The number of carbonyl (C=O) groups excluding carboxylic acids is 1. The van der Waals surface area contributed by atoms with Gasteiger partial charge in [0.05, 0.1) is 0 Å². The van der Waals surface area contributed by atoms with Gasteiger partial charge in [-0.1, -0.05) is 36.8 Å². The zero-order chi connectivity index (χ0) is 14.9. The van der Waals surface area contributed by atoms with Crippen LogP contribution in [0, 0.1) is 5.82 Å². The summed E-state index contributed by atoms with van der Waals surface area (Å²) in [6.45, 7) is 1.40. The van der Waals surface area contributed by atoms with E-state index in [2.05, 4.69) is 0 Å². The maximum atomic E-state index is 14.6. The molecule has 2 nitrogen and oxygen atoms in total. The van der Waals surface area contributed by atoms with Crippen LogP contribution in [0.1, 0.15) is 44.6 Å². The molecule has 2 aromatic rings. The van der Waals surface area contributed by atoms with Crippen molar-refractivity contribution >= 4 is 16.7 Å². The van der Waals surface area contributed by atoms with Crippen molar-refractivity contribution in [3.63, 3.8) is 0 Å². The molecule has 3 rings (SSSR count). The fraction of sp³-hybridized carbons (Fsp3) is 0.389. The van der Waals surface area contributed by atoms with Crippen LogP contribution in [0.2, 0.25) is 0 Å². The Morgan fingerprint density at radius 2 is 1.81 bits per heavy atom. The van der Waals surface area contributed by atoms with Crippen LogP contribution in [0.4, 0.5) is 4.39 Å². The van der Waals surface area contributed by atoms with Gasteiger partial charge >= 0.3 is 5.97 Å². The molecule has 0 aromatic heterocycles. The minimum Gasteiger partial charge on any atom is -0.454 e. The van der Waals surface area contributed by atoms with E-state index in [0.29, 0.717) is 18.4 Å². The molecule has 0 atom stereocenters. The smallest absolute Gasteiger partial charge is 0.303 e. The molecule has 21 heavy (non-hydrogen) atoms. The van der Waals surface area contributed by atoms with E-state index in [4.69, 9.17) is 4.74 Å². The second-order valence-corrected chi connectivity index (χ2v) is 5.79. The Morgan fingerprint density at radius 3 is 2.52 bits per heavy atom.